The van der Waals surface area contributed by atoms with Gasteiger partial charge in [-0.25, -0.2) is 4.39 Å². The molecule has 2 amide bonds. The predicted molar refractivity (Wildman–Crippen MR) is 113 cm³/mol. The second-order valence-electron chi connectivity index (χ2n) is 6.32. The maximum atomic E-state index is 14.1. The summed E-state index contributed by atoms with van der Waals surface area (Å²) in [5, 5.41) is 3.66. The molecule has 4 nitrogen and oxygen atoms in total. The van der Waals surface area contributed by atoms with Crippen LogP contribution in [0.25, 0.3) is 0 Å². The Labute approximate surface area is 177 Å². The van der Waals surface area contributed by atoms with E-state index in [1.807, 2.05) is 0 Å². The minimum atomic E-state index is -0.448. The molecule has 0 spiro atoms. The van der Waals surface area contributed by atoms with E-state index in [4.69, 9.17) is 23.2 Å². The van der Waals surface area contributed by atoms with Crippen molar-refractivity contribution < 1.29 is 14.0 Å². The third-order valence-corrected chi connectivity index (χ3v) is 4.63. The number of amides is 2. The summed E-state index contributed by atoms with van der Waals surface area (Å²) in [5.41, 5.74) is 1.17. The molecule has 0 saturated heterocycles. The van der Waals surface area contributed by atoms with Crippen LogP contribution in [0.1, 0.15) is 15.9 Å². The molecular formula is C22H17Cl2FN2O2. The third kappa shape index (κ3) is 5.79. The van der Waals surface area contributed by atoms with E-state index in [0.717, 1.165) is 0 Å². The Morgan fingerprint density at radius 2 is 1.62 bits per heavy atom. The van der Waals surface area contributed by atoms with E-state index >= 15 is 0 Å². The molecule has 3 rings (SSSR count). The van der Waals surface area contributed by atoms with Gasteiger partial charge in [0.1, 0.15) is 12.4 Å². The average Bonchev–Trinajstić information content (AvgIpc) is 2.69. The van der Waals surface area contributed by atoms with E-state index in [1.54, 1.807) is 66.7 Å². The zero-order valence-corrected chi connectivity index (χ0v) is 16.8. The highest BCUT2D eigenvalue weighted by Crippen LogP contribution is 2.17. The van der Waals surface area contributed by atoms with Crippen LogP contribution in [-0.4, -0.2) is 23.3 Å². The van der Waals surface area contributed by atoms with Gasteiger partial charge in [-0.2, -0.15) is 0 Å². The Balaban J connectivity index is 1.81. The van der Waals surface area contributed by atoms with E-state index in [1.165, 1.54) is 11.0 Å². The number of carbonyl (C=O) groups is 2. The number of hydrogen-bond acceptors (Lipinski definition) is 2. The molecular weight excluding hydrogens is 414 g/mol. The van der Waals surface area contributed by atoms with Gasteiger partial charge in [0, 0.05) is 33.4 Å². The SMILES string of the molecule is O=C(CN(Cc1ccccc1F)C(=O)c1ccc(Cl)cc1)Nc1cccc(Cl)c1. The van der Waals surface area contributed by atoms with Gasteiger partial charge in [0.2, 0.25) is 5.91 Å². The molecule has 0 fully saturated rings. The number of rotatable bonds is 6. The van der Waals surface area contributed by atoms with E-state index in [-0.39, 0.29) is 13.1 Å². The van der Waals surface area contributed by atoms with Crippen molar-refractivity contribution in [2.45, 2.75) is 6.54 Å². The number of benzene rings is 3. The standard InChI is InChI=1S/C22H17Cl2FN2O2/c23-17-10-8-15(9-11-17)22(29)27(13-16-4-1-2-7-20(16)25)14-21(28)26-19-6-3-5-18(24)12-19/h1-12H,13-14H2,(H,26,28). The summed E-state index contributed by atoms with van der Waals surface area (Å²) >= 11 is 11.8. The molecule has 0 atom stereocenters. The van der Waals surface area contributed by atoms with Gasteiger partial charge in [-0.15, -0.1) is 0 Å². The maximum Gasteiger partial charge on any atom is 0.254 e. The van der Waals surface area contributed by atoms with Crippen molar-refractivity contribution in [3.8, 4) is 0 Å². The lowest BCUT2D eigenvalue weighted by atomic mass is 10.1. The highest BCUT2D eigenvalue weighted by molar-refractivity contribution is 6.31. The molecule has 0 heterocycles. The van der Waals surface area contributed by atoms with Crippen LogP contribution >= 0.6 is 23.2 Å². The Hall–Kier alpha value is -2.89. The molecule has 0 saturated carbocycles. The Bertz CT molecular complexity index is 1030. The molecule has 7 heteroatoms. The van der Waals surface area contributed by atoms with Crippen LogP contribution in [-0.2, 0) is 11.3 Å². The molecule has 1 N–H and O–H groups in total. The van der Waals surface area contributed by atoms with E-state index in [0.29, 0.717) is 26.9 Å². The Morgan fingerprint density at radius 3 is 2.31 bits per heavy atom. The summed E-state index contributed by atoms with van der Waals surface area (Å²) in [7, 11) is 0. The molecule has 0 radical (unpaired) electrons. The molecule has 0 unspecified atom stereocenters. The van der Waals surface area contributed by atoms with Crippen LogP contribution < -0.4 is 5.32 Å². The lowest BCUT2D eigenvalue weighted by Crippen LogP contribution is -2.37. The first kappa shape index (κ1) is 20.8. The number of carbonyl (C=O) groups excluding carboxylic acids is 2. The lowest BCUT2D eigenvalue weighted by Gasteiger charge is -2.23. The summed E-state index contributed by atoms with van der Waals surface area (Å²) in [6, 6.07) is 19.1. The highest BCUT2D eigenvalue weighted by atomic mass is 35.5. The monoisotopic (exact) mass is 430 g/mol. The molecule has 0 aliphatic rings. The largest absolute Gasteiger partial charge is 0.325 e. The number of nitrogens with zero attached hydrogens (tertiary/aromatic N) is 1. The molecule has 0 aromatic heterocycles. The summed E-state index contributed by atoms with van der Waals surface area (Å²) in [5.74, 6) is -1.28. The predicted octanol–water partition coefficient (Wildman–Crippen LogP) is 5.41. The van der Waals surface area contributed by atoms with E-state index < -0.39 is 17.6 Å². The number of halogens is 3. The van der Waals surface area contributed by atoms with Gasteiger partial charge >= 0.3 is 0 Å². The normalized spacial score (nSPS) is 10.4. The fourth-order valence-corrected chi connectivity index (χ4v) is 3.06. The Kier molecular flexibility index (Phi) is 6.86. The van der Waals surface area contributed by atoms with E-state index in [2.05, 4.69) is 5.32 Å². The molecule has 148 valence electrons. The average molecular weight is 431 g/mol. The molecule has 3 aromatic rings. The molecule has 0 bridgehead atoms. The summed E-state index contributed by atoms with van der Waals surface area (Å²) in [6.07, 6.45) is 0. The number of hydrogen-bond donors (Lipinski definition) is 1. The van der Waals surface area contributed by atoms with Crippen molar-refractivity contribution in [2.75, 3.05) is 11.9 Å². The fourth-order valence-electron chi connectivity index (χ4n) is 2.75. The molecule has 29 heavy (non-hydrogen) atoms. The van der Waals surface area contributed by atoms with Crippen molar-refractivity contribution in [3.05, 3.63) is 99.8 Å². The first-order chi connectivity index (χ1) is 13.9. The first-order valence-electron chi connectivity index (χ1n) is 8.76. The zero-order chi connectivity index (χ0) is 20.8. The number of nitrogens with one attached hydrogen (secondary N) is 1. The third-order valence-electron chi connectivity index (χ3n) is 4.14. The minimum Gasteiger partial charge on any atom is -0.325 e. The molecule has 3 aromatic carbocycles. The molecule has 0 aliphatic heterocycles. The topological polar surface area (TPSA) is 49.4 Å². The van der Waals surface area contributed by atoms with Crippen LogP contribution in [0, 0.1) is 5.82 Å². The minimum absolute atomic E-state index is 0.0584. The highest BCUT2D eigenvalue weighted by Gasteiger charge is 2.20. The smallest absolute Gasteiger partial charge is 0.254 e. The van der Waals surface area contributed by atoms with Gasteiger partial charge in [0.25, 0.3) is 5.91 Å². The van der Waals surface area contributed by atoms with Crippen molar-refractivity contribution in [2.24, 2.45) is 0 Å². The van der Waals surface area contributed by atoms with Gasteiger partial charge in [-0.3, -0.25) is 9.59 Å². The summed E-state index contributed by atoms with van der Waals surface area (Å²) in [4.78, 5) is 26.8. The summed E-state index contributed by atoms with van der Waals surface area (Å²) < 4.78 is 14.1. The van der Waals surface area contributed by atoms with Crippen molar-refractivity contribution >= 4 is 40.7 Å². The van der Waals surface area contributed by atoms with Crippen molar-refractivity contribution in [1.29, 1.82) is 0 Å². The van der Waals surface area contributed by atoms with E-state index in [9.17, 15) is 14.0 Å². The Morgan fingerprint density at radius 1 is 0.897 bits per heavy atom. The van der Waals surface area contributed by atoms with Crippen LogP contribution in [0.3, 0.4) is 0 Å². The summed E-state index contributed by atoms with van der Waals surface area (Å²) in [6.45, 7) is -0.320. The maximum absolute atomic E-state index is 14.1. The van der Waals surface area contributed by atoms with Crippen LogP contribution in [0.5, 0.6) is 0 Å². The fraction of sp³-hybridized carbons (Fsp3) is 0.0909. The second kappa shape index (κ2) is 9.54. The van der Waals surface area contributed by atoms with Gasteiger partial charge in [0.05, 0.1) is 0 Å². The van der Waals surface area contributed by atoms with Crippen molar-refractivity contribution in [1.82, 2.24) is 4.90 Å². The lowest BCUT2D eigenvalue weighted by molar-refractivity contribution is -0.117. The second-order valence-corrected chi connectivity index (χ2v) is 7.19. The first-order valence-corrected chi connectivity index (χ1v) is 9.51. The van der Waals surface area contributed by atoms with Gasteiger partial charge in [-0.1, -0.05) is 47.5 Å². The van der Waals surface area contributed by atoms with Crippen molar-refractivity contribution in [3.63, 3.8) is 0 Å². The van der Waals surface area contributed by atoms with Crippen LogP contribution in [0.2, 0.25) is 10.0 Å². The van der Waals surface area contributed by atoms with Crippen LogP contribution in [0.15, 0.2) is 72.8 Å². The molecule has 0 aliphatic carbocycles. The van der Waals surface area contributed by atoms with Gasteiger partial charge in [0.15, 0.2) is 0 Å². The number of anilines is 1. The zero-order valence-electron chi connectivity index (χ0n) is 15.2. The van der Waals surface area contributed by atoms with Gasteiger partial charge < -0.3 is 10.2 Å². The van der Waals surface area contributed by atoms with Gasteiger partial charge in [-0.05, 0) is 48.5 Å². The van der Waals surface area contributed by atoms with Crippen LogP contribution in [0.4, 0.5) is 10.1 Å². The quantitative estimate of drug-likeness (QED) is 0.567.